The number of carbonyl (C=O) groups is 1. The van der Waals surface area contributed by atoms with E-state index in [0.717, 1.165) is 11.1 Å². The number of carbonyl (C=O) groups excluding carboxylic acids is 1. The van der Waals surface area contributed by atoms with Gasteiger partial charge in [-0.05, 0) is 29.7 Å². The molecule has 0 bridgehead atoms. The van der Waals surface area contributed by atoms with E-state index in [4.69, 9.17) is 0 Å². The highest BCUT2D eigenvalue weighted by Crippen LogP contribution is 2.28. The predicted octanol–water partition coefficient (Wildman–Crippen LogP) is 3.38. The standard InChI is InChI=1S/C14H11NO3/c1-10-4-2-3-5-13(10)14-7-6-12(15(17)18)8-11(14)9-16/h2-9H,1H3. The Morgan fingerprint density at radius 2 is 1.83 bits per heavy atom. The molecule has 0 unspecified atom stereocenters. The van der Waals surface area contributed by atoms with Gasteiger partial charge in [0.15, 0.2) is 6.29 Å². The number of non-ortho nitro benzene ring substituents is 1. The molecule has 2 aromatic rings. The summed E-state index contributed by atoms with van der Waals surface area (Å²) in [4.78, 5) is 21.2. The fourth-order valence-corrected chi connectivity index (χ4v) is 1.88. The first-order valence-electron chi connectivity index (χ1n) is 5.43. The predicted molar refractivity (Wildman–Crippen MR) is 68.7 cm³/mol. The van der Waals surface area contributed by atoms with Gasteiger partial charge < -0.3 is 0 Å². The lowest BCUT2D eigenvalue weighted by Crippen LogP contribution is -1.94. The molecule has 2 aromatic carbocycles. The number of nitro benzene ring substituents is 1. The van der Waals surface area contributed by atoms with Crippen LogP contribution in [-0.2, 0) is 0 Å². The molecule has 0 aliphatic rings. The van der Waals surface area contributed by atoms with Gasteiger partial charge in [0, 0.05) is 17.7 Å². The normalized spacial score (nSPS) is 10.1. The van der Waals surface area contributed by atoms with E-state index in [1.165, 1.54) is 12.1 Å². The van der Waals surface area contributed by atoms with Crippen molar-refractivity contribution in [2.45, 2.75) is 6.92 Å². The lowest BCUT2D eigenvalue weighted by atomic mass is 9.96. The van der Waals surface area contributed by atoms with Gasteiger partial charge in [-0.15, -0.1) is 0 Å². The molecule has 18 heavy (non-hydrogen) atoms. The second-order valence-corrected chi connectivity index (χ2v) is 3.96. The molecule has 0 radical (unpaired) electrons. The summed E-state index contributed by atoms with van der Waals surface area (Å²) < 4.78 is 0. The summed E-state index contributed by atoms with van der Waals surface area (Å²) in [5.74, 6) is 0. The van der Waals surface area contributed by atoms with Crippen LogP contribution in [0.2, 0.25) is 0 Å². The molecular weight excluding hydrogens is 230 g/mol. The fraction of sp³-hybridized carbons (Fsp3) is 0.0714. The van der Waals surface area contributed by atoms with Gasteiger partial charge in [-0.2, -0.15) is 0 Å². The Labute approximate surface area is 104 Å². The fourth-order valence-electron chi connectivity index (χ4n) is 1.88. The molecule has 0 atom stereocenters. The van der Waals surface area contributed by atoms with E-state index in [1.54, 1.807) is 6.07 Å². The third-order valence-electron chi connectivity index (χ3n) is 2.81. The van der Waals surface area contributed by atoms with Gasteiger partial charge in [0.2, 0.25) is 0 Å². The van der Waals surface area contributed by atoms with Crippen molar-refractivity contribution in [1.29, 1.82) is 0 Å². The second-order valence-electron chi connectivity index (χ2n) is 3.96. The van der Waals surface area contributed by atoms with Crippen LogP contribution in [-0.4, -0.2) is 11.2 Å². The highest BCUT2D eigenvalue weighted by molar-refractivity contribution is 5.89. The minimum Gasteiger partial charge on any atom is -0.298 e. The molecule has 0 aliphatic carbocycles. The molecule has 0 fully saturated rings. The first kappa shape index (κ1) is 12.0. The van der Waals surface area contributed by atoms with E-state index < -0.39 is 4.92 Å². The van der Waals surface area contributed by atoms with Crippen molar-refractivity contribution in [3.05, 3.63) is 63.7 Å². The number of hydrogen-bond donors (Lipinski definition) is 0. The number of benzene rings is 2. The topological polar surface area (TPSA) is 60.2 Å². The summed E-state index contributed by atoms with van der Waals surface area (Å²) in [5, 5.41) is 10.7. The van der Waals surface area contributed by atoms with E-state index >= 15 is 0 Å². The summed E-state index contributed by atoms with van der Waals surface area (Å²) in [6.07, 6.45) is 0.648. The summed E-state index contributed by atoms with van der Waals surface area (Å²) in [5.41, 5.74) is 2.91. The number of hydrogen-bond acceptors (Lipinski definition) is 3. The van der Waals surface area contributed by atoms with Gasteiger partial charge in [-0.1, -0.05) is 24.3 Å². The Kier molecular flexibility index (Phi) is 3.19. The van der Waals surface area contributed by atoms with Crippen LogP contribution in [0.3, 0.4) is 0 Å². The van der Waals surface area contributed by atoms with Crippen molar-refractivity contribution in [3.63, 3.8) is 0 Å². The summed E-state index contributed by atoms with van der Waals surface area (Å²) in [6, 6.07) is 11.9. The van der Waals surface area contributed by atoms with Crippen molar-refractivity contribution < 1.29 is 9.72 Å². The molecule has 0 aromatic heterocycles. The van der Waals surface area contributed by atoms with Crippen molar-refractivity contribution in [2.24, 2.45) is 0 Å². The van der Waals surface area contributed by atoms with E-state index in [1.807, 2.05) is 31.2 Å². The van der Waals surface area contributed by atoms with Crippen molar-refractivity contribution in [3.8, 4) is 11.1 Å². The Bertz CT molecular complexity index is 620. The third-order valence-corrected chi connectivity index (χ3v) is 2.81. The molecule has 0 N–H and O–H groups in total. The largest absolute Gasteiger partial charge is 0.298 e. The van der Waals surface area contributed by atoms with Gasteiger partial charge in [0.25, 0.3) is 5.69 Å². The lowest BCUT2D eigenvalue weighted by Gasteiger charge is -2.08. The zero-order valence-corrected chi connectivity index (χ0v) is 9.79. The van der Waals surface area contributed by atoms with Crippen molar-refractivity contribution in [2.75, 3.05) is 0 Å². The molecule has 4 nitrogen and oxygen atoms in total. The molecule has 0 saturated heterocycles. The number of nitrogens with zero attached hydrogens (tertiary/aromatic N) is 1. The Morgan fingerprint density at radius 1 is 1.11 bits per heavy atom. The molecule has 2 rings (SSSR count). The third kappa shape index (κ3) is 2.13. The van der Waals surface area contributed by atoms with Crippen molar-refractivity contribution >= 4 is 12.0 Å². The van der Waals surface area contributed by atoms with Crippen molar-refractivity contribution in [1.82, 2.24) is 0 Å². The summed E-state index contributed by atoms with van der Waals surface area (Å²) in [6.45, 7) is 1.94. The maximum atomic E-state index is 11.1. The van der Waals surface area contributed by atoms with E-state index in [9.17, 15) is 14.9 Å². The minimum atomic E-state index is -0.505. The first-order chi connectivity index (χ1) is 8.63. The maximum Gasteiger partial charge on any atom is 0.270 e. The zero-order valence-electron chi connectivity index (χ0n) is 9.79. The van der Waals surface area contributed by atoms with Crippen LogP contribution in [0.1, 0.15) is 15.9 Å². The van der Waals surface area contributed by atoms with Gasteiger partial charge >= 0.3 is 0 Å². The molecule has 4 heteroatoms. The first-order valence-corrected chi connectivity index (χ1v) is 5.43. The lowest BCUT2D eigenvalue weighted by molar-refractivity contribution is -0.384. The Hall–Kier alpha value is -2.49. The average Bonchev–Trinajstić information content (AvgIpc) is 2.38. The smallest absolute Gasteiger partial charge is 0.270 e. The van der Waals surface area contributed by atoms with E-state index in [0.29, 0.717) is 17.4 Å². The van der Waals surface area contributed by atoms with Gasteiger partial charge in [-0.3, -0.25) is 14.9 Å². The molecular formula is C14H11NO3. The number of aldehydes is 1. The highest BCUT2D eigenvalue weighted by atomic mass is 16.6. The monoisotopic (exact) mass is 241 g/mol. The van der Waals surface area contributed by atoms with Crippen LogP contribution >= 0.6 is 0 Å². The SMILES string of the molecule is Cc1ccccc1-c1ccc([N+](=O)[O-])cc1C=O. The quantitative estimate of drug-likeness (QED) is 0.470. The average molecular weight is 241 g/mol. The number of aryl methyl sites for hydroxylation is 1. The summed E-state index contributed by atoms with van der Waals surface area (Å²) in [7, 11) is 0. The molecule has 0 saturated carbocycles. The van der Waals surface area contributed by atoms with E-state index in [2.05, 4.69) is 0 Å². The Balaban J connectivity index is 2.62. The van der Waals surface area contributed by atoms with E-state index in [-0.39, 0.29) is 5.69 Å². The minimum absolute atomic E-state index is 0.0746. The van der Waals surface area contributed by atoms with Gasteiger partial charge in [0.1, 0.15) is 0 Å². The number of nitro groups is 1. The van der Waals surface area contributed by atoms with Gasteiger partial charge in [-0.25, -0.2) is 0 Å². The second kappa shape index (κ2) is 4.79. The van der Waals surface area contributed by atoms with Crippen LogP contribution in [0, 0.1) is 17.0 Å². The zero-order chi connectivity index (χ0) is 13.1. The van der Waals surface area contributed by atoms with Gasteiger partial charge in [0.05, 0.1) is 4.92 Å². The maximum absolute atomic E-state index is 11.1. The van der Waals surface area contributed by atoms with Crippen LogP contribution in [0.25, 0.3) is 11.1 Å². The molecule has 0 heterocycles. The summed E-state index contributed by atoms with van der Waals surface area (Å²) >= 11 is 0. The molecule has 90 valence electrons. The van der Waals surface area contributed by atoms with Crippen LogP contribution in [0.4, 0.5) is 5.69 Å². The highest BCUT2D eigenvalue weighted by Gasteiger charge is 2.12. The molecule has 0 amide bonds. The number of rotatable bonds is 3. The van der Waals surface area contributed by atoms with Crippen LogP contribution in [0.5, 0.6) is 0 Å². The Morgan fingerprint density at radius 3 is 2.44 bits per heavy atom. The van der Waals surface area contributed by atoms with Crippen LogP contribution in [0.15, 0.2) is 42.5 Å². The molecule has 0 spiro atoms. The van der Waals surface area contributed by atoms with Crippen LogP contribution < -0.4 is 0 Å². The molecule has 0 aliphatic heterocycles.